The van der Waals surface area contributed by atoms with Crippen LogP contribution in [0.15, 0.2) is 0 Å². The van der Waals surface area contributed by atoms with Gasteiger partial charge < -0.3 is 33.0 Å². The molecule has 9 nitrogen and oxygen atoms in total. The molecule has 0 aromatic rings. The van der Waals surface area contributed by atoms with Crippen molar-refractivity contribution >= 4 is 15.6 Å². The maximum Gasteiger partial charge on any atom is 0.181 e. The summed E-state index contributed by atoms with van der Waals surface area (Å²) in [6.45, 7) is 0. The summed E-state index contributed by atoms with van der Waals surface area (Å²) >= 11 is 0. The fourth-order valence-corrected chi connectivity index (χ4v) is 1.10. The third-order valence-electron chi connectivity index (χ3n) is 0.250. The molecule has 0 aromatic heterocycles. The van der Waals surface area contributed by atoms with Gasteiger partial charge in [0.25, 0.3) is 0 Å². The van der Waals surface area contributed by atoms with Crippen LogP contribution in [0.25, 0.3) is 0 Å². The van der Waals surface area contributed by atoms with Gasteiger partial charge in [0, 0.05) is 17.1 Å². The molecule has 0 aromatic carbocycles. The molecule has 0 amide bonds. The molecule has 0 bridgehead atoms. The molecule has 0 spiro atoms. The van der Waals surface area contributed by atoms with Crippen molar-refractivity contribution in [2.75, 3.05) is 0 Å². The number of nitriles is 2. The van der Waals surface area contributed by atoms with Gasteiger partial charge in [-0.2, -0.15) is 10.5 Å². The Morgan fingerprint density at radius 3 is 1.14 bits per heavy atom. The summed E-state index contributed by atoms with van der Waals surface area (Å²) in [7, 11) is -11.4. The van der Waals surface area contributed by atoms with E-state index in [4.69, 9.17) is 10.5 Å². The van der Waals surface area contributed by atoms with E-state index in [1.54, 1.807) is 0 Å². The van der Waals surface area contributed by atoms with Crippen LogP contribution in [0, 0.1) is 22.7 Å². The van der Waals surface area contributed by atoms with Gasteiger partial charge in [-0.1, -0.05) is 0 Å². The quantitative estimate of drug-likeness (QED) is 0.370. The Morgan fingerprint density at radius 1 is 0.929 bits per heavy atom. The van der Waals surface area contributed by atoms with Crippen molar-refractivity contribution in [3.8, 4) is 12.1 Å². The van der Waals surface area contributed by atoms with E-state index in [-0.39, 0.29) is 17.1 Å². The van der Waals surface area contributed by atoms with Crippen LogP contribution in [-0.4, -0.2) is 0 Å². The standard InChI is InChI=1S/C2N2.Cu.H4O7P2/c3-1-2-4;;1-8(2,3)7-9(4,5)6/h;;(H2,1,2,3)(H2,4,5,6)/p-4. The van der Waals surface area contributed by atoms with Crippen LogP contribution in [0.1, 0.15) is 0 Å². The Balaban J connectivity index is -0.000000209. The predicted octanol–water partition coefficient (Wildman–Crippen LogP) is -3.31. The molecule has 0 saturated heterocycles. The summed E-state index contributed by atoms with van der Waals surface area (Å²) in [5.41, 5.74) is 0. The minimum absolute atomic E-state index is 0. The van der Waals surface area contributed by atoms with Gasteiger partial charge in [-0.05, 0) is 0 Å². The van der Waals surface area contributed by atoms with Crippen molar-refractivity contribution in [2.24, 2.45) is 0 Å². The Kier molecular flexibility index (Phi) is 11.2. The minimum Gasteiger partial charge on any atom is -0.790 e. The third kappa shape index (κ3) is 29.8. The molecule has 1 radical (unpaired) electrons. The van der Waals surface area contributed by atoms with Gasteiger partial charge in [-0.25, -0.2) is 0 Å². The summed E-state index contributed by atoms with van der Waals surface area (Å²) in [6.07, 6.45) is 0. The molecule has 14 heavy (non-hydrogen) atoms. The van der Waals surface area contributed by atoms with Crippen molar-refractivity contribution in [3.63, 3.8) is 0 Å². The second-order valence-electron chi connectivity index (χ2n) is 1.20. The largest absolute Gasteiger partial charge is 0.790 e. The topological polar surface area (TPSA) is 183 Å². The molecule has 0 fully saturated rings. The van der Waals surface area contributed by atoms with E-state index in [0.717, 1.165) is 0 Å². The SMILES string of the molecule is N#CC#N.O=P([O-])([O-])OP(=O)([O-])[O-].[Cu]. The zero-order chi connectivity index (χ0) is 11.1. The number of phosphoric acid groups is 2. The van der Waals surface area contributed by atoms with Gasteiger partial charge >= 0.3 is 0 Å². The van der Waals surface area contributed by atoms with Gasteiger partial charge in [0.1, 0.15) is 0 Å². The van der Waals surface area contributed by atoms with Crippen LogP contribution in [0.3, 0.4) is 0 Å². The molecule has 85 valence electrons. The molecule has 0 rings (SSSR count). The average molecular weight is 290 g/mol. The molecule has 0 aliphatic rings. The Hall–Kier alpha value is -0.241. The normalized spacial score (nSPS) is 9.57. The van der Waals surface area contributed by atoms with E-state index in [1.807, 2.05) is 0 Å². The fraction of sp³-hybridized carbons (Fsp3) is 0. The maximum atomic E-state index is 9.32. The number of hydrogen-bond acceptors (Lipinski definition) is 9. The first kappa shape index (κ1) is 19.4. The maximum absolute atomic E-state index is 9.32. The Bertz CT molecular complexity index is 286. The zero-order valence-electron chi connectivity index (χ0n) is 5.95. The molecule has 0 heterocycles. The molecule has 0 N–H and O–H groups in total. The van der Waals surface area contributed by atoms with Crippen molar-refractivity contribution in [3.05, 3.63) is 0 Å². The fourth-order valence-electron chi connectivity index (χ4n) is 0.122. The first-order valence-corrected chi connectivity index (χ1v) is 5.08. The molecular formula is C2CuN2O7P2-4. The molecule has 0 saturated carbocycles. The summed E-state index contributed by atoms with van der Waals surface area (Å²) in [5.74, 6) is 0. The Morgan fingerprint density at radius 2 is 1.14 bits per heavy atom. The molecule has 0 aliphatic carbocycles. The first-order chi connectivity index (χ1) is 5.62. The number of nitrogens with zero attached hydrogens (tertiary/aromatic N) is 2. The van der Waals surface area contributed by atoms with E-state index < -0.39 is 15.6 Å². The predicted molar refractivity (Wildman–Crippen MR) is 27.5 cm³/mol. The van der Waals surface area contributed by atoms with Crippen LogP contribution < -0.4 is 19.6 Å². The van der Waals surface area contributed by atoms with Crippen molar-refractivity contribution in [1.29, 1.82) is 10.5 Å². The molecule has 0 atom stereocenters. The molecule has 12 heteroatoms. The van der Waals surface area contributed by atoms with Gasteiger partial charge in [-0.15, -0.1) is 0 Å². The van der Waals surface area contributed by atoms with Crippen molar-refractivity contribution in [2.45, 2.75) is 0 Å². The smallest absolute Gasteiger partial charge is 0.181 e. The van der Waals surface area contributed by atoms with Gasteiger partial charge in [-0.3, -0.25) is 0 Å². The van der Waals surface area contributed by atoms with Gasteiger partial charge in [0.15, 0.2) is 12.1 Å². The third-order valence-corrected chi connectivity index (χ3v) is 1.85. The second-order valence-corrected chi connectivity index (χ2v) is 3.64. The zero-order valence-corrected chi connectivity index (χ0v) is 8.68. The van der Waals surface area contributed by atoms with E-state index in [2.05, 4.69) is 4.31 Å². The van der Waals surface area contributed by atoms with Crippen LogP contribution >= 0.6 is 15.6 Å². The molecular weight excluding hydrogens is 290 g/mol. The Labute approximate surface area is 88.9 Å². The van der Waals surface area contributed by atoms with Crippen LogP contribution in [0.4, 0.5) is 0 Å². The molecule has 0 aliphatic heterocycles. The summed E-state index contributed by atoms with van der Waals surface area (Å²) in [4.78, 5) is 37.3. The number of rotatable bonds is 2. The second kappa shape index (κ2) is 8.10. The van der Waals surface area contributed by atoms with E-state index in [9.17, 15) is 28.7 Å². The van der Waals surface area contributed by atoms with E-state index in [0.29, 0.717) is 0 Å². The first-order valence-electron chi connectivity index (χ1n) is 2.16. The van der Waals surface area contributed by atoms with E-state index in [1.165, 1.54) is 12.1 Å². The van der Waals surface area contributed by atoms with Crippen LogP contribution in [0.2, 0.25) is 0 Å². The summed E-state index contributed by atoms with van der Waals surface area (Å²) < 4.78 is 21.2. The number of hydrogen-bond donors (Lipinski definition) is 0. The van der Waals surface area contributed by atoms with Crippen LogP contribution in [-0.2, 0) is 30.5 Å². The monoisotopic (exact) mass is 289 g/mol. The minimum atomic E-state index is -5.68. The average Bonchev–Trinajstić information content (AvgIpc) is 1.80. The van der Waals surface area contributed by atoms with Gasteiger partial charge in [0.05, 0.1) is 15.6 Å². The summed E-state index contributed by atoms with van der Waals surface area (Å²) in [6, 6.07) is 2.47. The van der Waals surface area contributed by atoms with Crippen molar-refractivity contribution < 1.29 is 50.1 Å². The van der Waals surface area contributed by atoms with Crippen molar-refractivity contribution in [1.82, 2.24) is 0 Å². The van der Waals surface area contributed by atoms with Crippen LogP contribution in [0.5, 0.6) is 0 Å². The van der Waals surface area contributed by atoms with E-state index >= 15 is 0 Å². The molecule has 0 unspecified atom stereocenters. The summed E-state index contributed by atoms with van der Waals surface area (Å²) in [5, 5.41) is 14.5. The van der Waals surface area contributed by atoms with Gasteiger partial charge in [0.2, 0.25) is 0 Å².